The van der Waals surface area contributed by atoms with Crippen molar-refractivity contribution >= 4 is 23.4 Å². The quantitative estimate of drug-likeness (QED) is 0.695. The molecule has 0 heterocycles. The topological polar surface area (TPSA) is 67.4 Å². The first-order valence-corrected chi connectivity index (χ1v) is 8.84. The van der Waals surface area contributed by atoms with Gasteiger partial charge in [-0.15, -0.1) is 0 Å². The molecule has 0 unspecified atom stereocenters. The lowest BCUT2D eigenvalue weighted by Crippen LogP contribution is -2.23. The number of aryl methyl sites for hydroxylation is 1. The molecule has 0 aromatic heterocycles. The Morgan fingerprint density at radius 1 is 1.15 bits per heavy atom. The Hall–Kier alpha value is -2.53. The van der Waals surface area contributed by atoms with Gasteiger partial charge in [0.25, 0.3) is 5.91 Å². The van der Waals surface area contributed by atoms with Crippen LogP contribution in [0.3, 0.4) is 0 Å². The fourth-order valence-corrected chi connectivity index (χ4v) is 2.67. The number of hydrogen-bond donors (Lipinski definition) is 2. The number of amides is 2. The van der Waals surface area contributed by atoms with Gasteiger partial charge in [-0.25, -0.2) is 0 Å². The highest BCUT2D eigenvalue weighted by molar-refractivity contribution is 6.30. The predicted molar refractivity (Wildman–Crippen MR) is 103 cm³/mol. The van der Waals surface area contributed by atoms with E-state index < -0.39 is 0 Å². The van der Waals surface area contributed by atoms with Crippen LogP contribution in [0, 0.1) is 6.92 Å². The molecule has 0 aliphatic rings. The van der Waals surface area contributed by atoms with Crippen molar-refractivity contribution in [1.82, 2.24) is 10.6 Å². The first-order valence-electron chi connectivity index (χ1n) is 8.46. The second kappa shape index (κ2) is 9.82. The molecule has 0 saturated carbocycles. The summed E-state index contributed by atoms with van der Waals surface area (Å²) >= 11 is 5.91. The number of ether oxygens (including phenoxy) is 1. The first-order chi connectivity index (χ1) is 12.5. The Morgan fingerprint density at radius 2 is 1.96 bits per heavy atom. The van der Waals surface area contributed by atoms with E-state index in [1.807, 2.05) is 25.1 Å². The Kier molecular flexibility index (Phi) is 7.48. The first kappa shape index (κ1) is 19.8. The van der Waals surface area contributed by atoms with E-state index in [0.717, 1.165) is 16.9 Å². The van der Waals surface area contributed by atoms with Crippen molar-refractivity contribution < 1.29 is 14.3 Å². The van der Waals surface area contributed by atoms with Crippen LogP contribution in [0.5, 0.6) is 5.75 Å². The zero-order valence-electron chi connectivity index (χ0n) is 15.0. The molecule has 6 heteroatoms. The maximum Gasteiger partial charge on any atom is 0.251 e. The Bertz CT molecular complexity index is 777. The summed E-state index contributed by atoms with van der Waals surface area (Å²) in [5.41, 5.74) is 2.43. The van der Waals surface area contributed by atoms with Crippen LogP contribution < -0.4 is 15.4 Å². The van der Waals surface area contributed by atoms with Crippen LogP contribution in [0.2, 0.25) is 5.02 Å². The predicted octanol–water partition coefficient (Wildman–Crippen LogP) is 3.48. The highest BCUT2D eigenvalue weighted by Gasteiger charge is 2.06. The van der Waals surface area contributed by atoms with Crippen molar-refractivity contribution in [1.29, 1.82) is 0 Å². The summed E-state index contributed by atoms with van der Waals surface area (Å²) in [7, 11) is 1.59. The molecular formula is C20H23ClN2O3. The van der Waals surface area contributed by atoms with E-state index in [1.54, 1.807) is 31.3 Å². The monoisotopic (exact) mass is 374 g/mol. The molecule has 2 rings (SSSR count). The molecule has 26 heavy (non-hydrogen) atoms. The fraction of sp³-hybridized carbons (Fsp3) is 0.300. The second-order valence-corrected chi connectivity index (χ2v) is 6.35. The van der Waals surface area contributed by atoms with Crippen LogP contribution >= 0.6 is 11.6 Å². The molecule has 2 aromatic rings. The van der Waals surface area contributed by atoms with Crippen molar-refractivity contribution in [2.75, 3.05) is 13.7 Å². The van der Waals surface area contributed by atoms with Gasteiger partial charge < -0.3 is 15.4 Å². The smallest absolute Gasteiger partial charge is 0.251 e. The summed E-state index contributed by atoms with van der Waals surface area (Å²) in [6.07, 6.45) is 0.994. The molecule has 0 radical (unpaired) electrons. The van der Waals surface area contributed by atoms with Gasteiger partial charge in [-0.3, -0.25) is 9.59 Å². The van der Waals surface area contributed by atoms with Crippen LogP contribution in [0.1, 0.15) is 34.3 Å². The lowest BCUT2D eigenvalue weighted by atomic mass is 10.1. The molecular weight excluding hydrogens is 352 g/mol. The molecule has 2 aromatic carbocycles. The number of carbonyl (C=O) groups excluding carboxylic acids is 2. The molecule has 5 nitrogen and oxygen atoms in total. The van der Waals surface area contributed by atoms with E-state index in [-0.39, 0.29) is 11.8 Å². The molecule has 0 fully saturated rings. The van der Waals surface area contributed by atoms with E-state index in [4.69, 9.17) is 16.3 Å². The van der Waals surface area contributed by atoms with E-state index in [0.29, 0.717) is 36.6 Å². The van der Waals surface area contributed by atoms with Crippen LogP contribution in [0.4, 0.5) is 0 Å². The van der Waals surface area contributed by atoms with Gasteiger partial charge in [0.05, 0.1) is 6.61 Å². The van der Waals surface area contributed by atoms with E-state index in [2.05, 4.69) is 10.6 Å². The molecule has 0 aliphatic heterocycles. The van der Waals surface area contributed by atoms with Crippen molar-refractivity contribution in [3.63, 3.8) is 0 Å². The SMILES string of the molecule is CNC(=O)c1cccc(CNC(=O)CCCOc2ccc(Cl)cc2C)c1. The molecule has 0 aliphatic carbocycles. The zero-order chi connectivity index (χ0) is 18.9. The van der Waals surface area contributed by atoms with Crippen LogP contribution in [-0.4, -0.2) is 25.5 Å². The summed E-state index contributed by atoms with van der Waals surface area (Å²) < 4.78 is 5.68. The van der Waals surface area contributed by atoms with Crippen LogP contribution in [0.25, 0.3) is 0 Å². The number of hydrogen-bond acceptors (Lipinski definition) is 3. The van der Waals surface area contributed by atoms with Crippen LogP contribution in [-0.2, 0) is 11.3 Å². The Labute approximate surface area is 158 Å². The number of carbonyl (C=O) groups is 2. The Morgan fingerprint density at radius 3 is 2.69 bits per heavy atom. The standard InChI is InChI=1S/C20H23ClN2O3/c1-14-11-17(21)8-9-18(14)26-10-4-7-19(24)23-13-15-5-3-6-16(12-15)20(25)22-2/h3,5-6,8-9,11-12H,4,7,10,13H2,1-2H3,(H,22,25)(H,23,24). The summed E-state index contributed by atoms with van der Waals surface area (Å²) in [5, 5.41) is 6.11. The van der Waals surface area contributed by atoms with Gasteiger partial charge in [0.2, 0.25) is 5.91 Å². The molecule has 138 valence electrons. The number of halogens is 1. The summed E-state index contributed by atoms with van der Waals surface area (Å²) in [4.78, 5) is 23.6. The van der Waals surface area contributed by atoms with Crippen molar-refractivity contribution in [2.45, 2.75) is 26.3 Å². The van der Waals surface area contributed by atoms with Gasteiger partial charge in [-0.1, -0.05) is 23.7 Å². The number of benzene rings is 2. The third-order valence-corrected chi connectivity index (χ3v) is 4.08. The fourth-order valence-electron chi connectivity index (χ4n) is 2.45. The molecule has 0 atom stereocenters. The van der Waals surface area contributed by atoms with E-state index >= 15 is 0 Å². The molecule has 2 amide bonds. The molecule has 0 bridgehead atoms. The van der Waals surface area contributed by atoms with Crippen molar-refractivity contribution in [3.05, 3.63) is 64.2 Å². The highest BCUT2D eigenvalue weighted by atomic mass is 35.5. The molecule has 0 spiro atoms. The lowest BCUT2D eigenvalue weighted by molar-refractivity contribution is -0.121. The van der Waals surface area contributed by atoms with Gasteiger partial charge in [-0.2, -0.15) is 0 Å². The molecule has 2 N–H and O–H groups in total. The van der Waals surface area contributed by atoms with Gasteiger partial charge in [0.15, 0.2) is 0 Å². The number of nitrogens with one attached hydrogen (secondary N) is 2. The Balaban J connectivity index is 1.71. The number of rotatable bonds is 8. The maximum absolute atomic E-state index is 12.0. The summed E-state index contributed by atoms with van der Waals surface area (Å²) in [6.45, 7) is 2.78. The third-order valence-electron chi connectivity index (χ3n) is 3.85. The summed E-state index contributed by atoms with van der Waals surface area (Å²) in [6, 6.07) is 12.6. The van der Waals surface area contributed by atoms with Gasteiger partial charge in [0, 0.05) is 30.6 Å². The second-order valence-electron chi connectivity index (χ2n) is 5.92. The van der Waals surface area contributed by atoms with E-state index in [9.17, 15) is 9.59 Å². The summed E-state index contributed by atoms with van der Waals surface area (Å²) in [5.74, 6) is 0.584. The normalized spacial score (nSPS) is 10.3. The van der Waals surface area contributed by atoms with Crippen molar-refractivity contribution in [3.8, 4) is 5.75 Å². The van der Waals surface area contributed by atoms with Gasteiger partial charge in [-0.05, 0) is 54.8 Å². The van der Waals surface area contributed by atoms with Gasteiger partial charge in [0.1, 0.15) is 5.75 Å². The minimum atomic E-state index is -0.146. The van der Waals surface area contributed by atoms with Gasteiger partial charge >= 0.3 is 0 Å². The molecule has 0 saturated heterocycles. The maximum atomic E-state index is 12.0. The van der Waals surface area contributed by atoms with Crippen LogP contribution in [0.15, 0.2) is 42.5 Å². The average molecular weight is 375 g/mol. The minimum absolute atomic E-state index is 0.0493. The average Bonchev–Trinajstić information content (AvgIpc) is 2.64. The zero-order valence-corrected chi connectivity index (χ0v) is 15.7. The largest absolute Gasteiger partial charge is 0.493 e. The van der Waals surface area contributed by atoms with E-state index in [1.165, 1.54) is 0 Å². The third kappa shape index (κ3) is 6.08. The lowest BCUT2D eigenvalue weighted by Gasteiger charge is -2.10. The minimum Gasteiger partial charge on any atom is -0.493 e. The van der Waals surface area contributed by atoms with Crippen molar-refractivity contribution in [2.24, 2.45) is 0 Å². The highest BCUT2D eigenvalue weighted by Crippen LogP contribution is 2.21.